The van der Waals surface area contributed by atoms with E-state index in [1.54, 1.807) is 30.5 Å². The Labute approximate surface area is 175 Å². The lowest BCUT2D eigenvalue weighted by Gasteiger charge is -2.14. The molecular formula is C20H16FN3O3S2. The van der Waals surface area contributed by atoms with E-state index in [4.69, 9.17) is 16.6 Å². The molecule has 2 N–H and O–H groups in total. The van der Waals surface area contributed by atoms with E-state index in [-0.39, 0.29) is 24.2 Å². The minimum absolute atomic E-state index is 0.150. The highest BCUT2D eigenvalue weighted by molar-refractivity contribution is 8.26. The number of aromatic amines is 1. The van der Waals surface area contributed by atoms with Crippen molar-refractivity contribution in [3.63, 3.8) is 0 Å². The van der Waals surface area contributed by atoms with Gasteiger partial charge in [0.25, 0.3) is 5.91 Å². The highest BCUT2D eigenvalue weighted by Gasteiger charge is 2.33. The standard InChI is InChI=1S/C20H16FN3O3S2/c21-13-3-4-16-15(8-13)12(10-23-16)5-6-22-18(25)11-24-19(26)17(29-20(24)28)9-14-2-1-7-27-14/h1-4,7-10,23H,5-6,11H2,(H,22,25)/b17-9-. The molecule has 1 aliphatic heterocycles. The minimum Gasteiger partial charge on any atom is -0.465 e. The molecular weight excluding hydrogens is 413 g/mol. The number of aromatic nitrogens is 1. The molecule has 0 atom stereocenters. The molecule has 4 rings (SSSR count). The van der Waals surface area contributed by atoms with Gasteiger partial charge in [0.2, 0.25) is 5.91 Å². The Kier molecular flexibility index (Phi) is 5.50. The molecule has 0 unspecified atom stereocenters. The summed E-state index contributed by atoms with van der Waals surface area (Å²) in [6.45, 7) is 0.210. The number of hydrogen-bond acceptors (Lipinski definition) is 5. The van der Waals surface area contributed by atoms with Gasteiger partial charge in [0, 0.05) is 29.7 Å². The van der Waals surface area contributed by atoms with Crippen LogP contribution in [0.5, 0.6) is 0 Å². The van der Waals surface area contributed by atoms with E-state index < -0.39 is 0 Å². The molecule has 0 spiro atoms. The average Bonchev–Trinajstić information content (AvgIpc) is 3.40. The number of thioether (sulfide) groups is 1. The Morgan fingerprint density at radius 1 is 1.38 bits per heavy atom. The van der Waals surface area contributed by atoms with Gasteiger partial charge < -0.3 is 14.7 Å². The number of H-pyrrole nitrogens is 1. The molecule has 9 heteroatoms. The predicted molar refractivity (Wildman–Crippen MR) is 114 cm³/mol. The van der Waals surface area contributed by atoms with Crippen molar-refractivity contribution in [3.8, 4) is 0 Å². The summed E-state index contributed by atoms with van der Waals surface area (Å²) in [6, 6.07) is 8.00. The first-order valence-electron chi connectivity index (χ1n) is 8.82. The van der Waals surface area contributed by atoms with Crippen molar-refractivity contribution >= 4 is 57.1 Å². The lowest BCUT2D eigenvalue weighted by atomic mass is 10.1. The first kappa shape index (κ1) is 19.4. The summed E-state index contributed by atoms with van der Waals surface area (Å²) in [4.78, 5) is 29.5. The van der Waals surface area contributed by atoms with Crippen molar-refractivity contribution in [3.05, 3.63) is 64.8 Å². The number of furan rings is 1. The number of nitrogens with zero attached hydrogens (tertiary/aromatic N) is 1. The first-order valence-corrected chi connectivity index (χ1v) is 10.0. The van der Waals surface area contributed by atoms with Crippen LogP contribution in [0.1, 0.15) is 11.3 Å². The maximum atomic E-state index is 13.5. The van der Waals surface area contributed by atoms with Crippen LogP contribution in [0.3, 0.4) is 0 Å². The molecule has 2 amide bonds. The van der Waals surface area contributed by atoms with Crippen LogP contribution in [0.25, 0.3) is 17.0 Å². The lowest BCUT2D eigenvalue weighted by Crippen LogP contribution is -2.40. The lowest BCUT2D eigenvalue weighted by molar-refractivity contribution is -0.128. The van der Waals surface area contributed by atoms with Gasteiger partial charge in [0.1, 0.15) is 22.4 Å². The van der Waals surface area contributed by atoms with Crippen molar-refractivity contribution in [2.45, 2.75) is 6.42 Å². The quantitative estimate of drug-likeness (QED) is 0.464. The molecule has 0 saturated carbocycles. The molecule has 0 bridgehead atoms. The zero-order chi connectivity index (χ0) is 20.4. The third-order valence-electron chi connectivity index (χ3n) is 4.44. The van der Waals surface area contributed by atoms with E-state index in [0.717, 1.165) is 28.2 Å². The van der Waals surface area contributed by atoms with E-state index in [1.165, 1.54) is 23.3 Å². The molecule has 1 fully saturated rings. The van der Waals surface area contributed by atoms with E-state index >= 15 is 0 Å². The summed E-state index contributed by atoms with van der Waals surface area (Å²) in [7, 11) is 0. The van der Waals surface area contributed by atoms with Crippen LogP contribution in [0.4, 0.5) is 4.39 Å². The zero-order valence-electron chi connectivity index (χ0n) is 15.1. The summed E-state index contributed by atoms with van der Waals surface area (Å²) in [5.74, 6) is -0.394. The highest BCUT2D eigenvalue weighted by Crippen LogP contribution is 2.32. The van der Waals surface area contributed by atoms with E-state index in [1.807, 2.05) is 0 Å². The second-order valence-corrected chi connectivity index (χ2v) is 8.06. The molecule has 2 aromatic heterocycles. The molecule has 3 heterocycles. The third-order valence-corrected chi connectivity index (χ3v) is 5.82. The fourth-order valence-corrected chi connectivity index (χ4v) is 4.27. The van der Waals surface area contributed by atoms with E-state index in [0.29, 0.717) is 28.0 Å². The maximum Gasteiger partial charge on any atom is 0.266 e. The Morgan fingerprint density at radius 3 is 3.03 bits per heavy atom. The molecule has 29 heavy (non-hydrogen) atoms. The SMILES string of the molecule is O=C(CN1C(=O)/C(=C/c2ccco2)SC1=S)NCCc1c[nH]c2ccc(F)cc12. The summed E-state index contributed by atoms with van der Waals surface area (Å²) in [6.07, 6.45) is 5.46. The van der Waals surface area contributed by atoms with E-state index in [9.17, 15) is 14.0 Å². The number of rotatable bonds is 6. The van der Waals surface area contributed by atoms with Crippen molar-refractivity contribution in [2.75, 3.05) is 13.1 Å². The summed E-state index contributed by atoms with van der Waals surface area (Å²) in [5.41, 5.74) is 1.75. The van der Waals surface area contributed by atoms with Crippen molar-refractivity contribution in [1.29, 1.82) is 0 Å². The first-order chi connectivity index (χ1) is 14.0. The second-order valence-electron chi connectivity index (χ2n) is 6.39. The van der Waals surface area contributed by atoms with Crippen LogP contribution in [-0.2, 0) is 16.0 Å². The van der Waals surface area contributed by atoms with Crippen LogP contribution >= 0.6 is 24.0 Å². The summed E-state index contributed by atoms with van der Waals surface area (Å²) >= 11 is 6.36. The smallest absolute Gasteiger partial charge is 0.266 e. The van der Waals surface area contributed by atoms with Gasteiger partial charge >= 0.3 is 0 Å². The van der Waals surface area contributed by atoms with Gasteiger partial charge in [0.15, 0.2) is 0 Å². The second kappa shape index (κ2) is 8.22. The van der Waals surface area contributed by atoms with Crippen LogP contribution in [0, 0.1) is 5.82 Å². The van der Waals surface area contributed by atoms with Gasteiger partial charge in [-0.1, -0.05) is 24.0 Å². The Morgan fingerprint density at radius 2 is 2.24 bits per heavy atom. The number of fused-ring (bicyclic) bond motifs is 1. The molecule has 1 saturated heterocycles. The number of thiocarbonyl (C=S) groups is 1. The van der Waals surface area contributed by atoms with Crippen LogP contribution < -0.4 is 5.32 Å². The van der Waals surface area contributed by atoms with Crippen LogP contribution in [0.2, 0.25) is 0 Å². The molecule has 1 aromatic carbocycles. The Hall–Kier alpha value is -2.91. The third kappa shape index (κ3) is 4.25. The Balaban J connectivity index is 1.33. The largest absolute Gasteiger partial charge is 0.465 e. The topological polar surface area (TPSA) is 78.3 Å². The number of amides is 2. The van der Waals surface area contributed by atoms with Crippen molar-refractivity contribution in [2.24, 2.45) is 0 Å². The highest BCUT2D eigenvalue weighted by atomic mass is 32.2. The average molecular weight is 429 g/mol. The Bertz CT molecular complexity index is 1120. The molecule has 148 valence electrons. The summed E-state index contributed by atoms with van der Waals surface area (Å²) < 4.78 is 19.0. The number of carbonyl (C=O) groups excluding carboxylic acids is 2. The monoisotopic (exact) mass is 429 g/mol. The van der Waals surface area contributed by atoms with Gasteiger partial charge in [-0.2, -0.15) is 0 Å². The van der Waals surface area contributed by atoms with Crippen molar-refractivity contribution < 1.29 is 18.4 Å². The molecule has 0 radical (unpaired) electrons. The maximum absolute atomic E-state index is 13.5. The van der Waals surface area contributed by atoms with Gasteiger partial charge in [-0.15, -0.1) is 0 Å². The fraction of sp³-hybridized carbons (Fsp3) is 0.150. The number of hydrogen-bond donors (Lipinski definition) is 2. The minimum atomic E-state index is -0.321. The predicted octanol–water partition coefficient (Wildman–Crippen LogP) is 3.46. The number of nitrogens with one attached hydrogen (secondary N) is 2. The number of benzene rings is 1. The molecule has 0 aliphatic carbocycles. The van der Waals surface area contributed by atoms with Crippen LogP contribution in [-0.4, -0.2) is 39.1 Å². The van der Waals surface area contributed by atoms with Gasteiger partial charge in [-0.25, -0.2) is 4.39 Å². The number of carbonyl (C=O) groups is 2. The molecule has 6 nitrogen and oxygen atoms in total. The summed E-state index contributed by atoms with van der Waals surface area (Å²) in [5, 5.41) is 3.57. The fourth-order valence-electron chi connectivity index (χ4n) is 3.03. The van der Waals surface area contributed by atoms with Crippen molar-refractivity contribution in [1.82, 2.24) is 15.2 Å². The molecule has 1 aliphatic rings. The zero-order valence-corrected chi connectivity index (χ0v) is 16.7. The van der Waals surface area contributed by atoms with E-state index in [2.05, 4.69) is 10.3 Å². The van der Waals surface area contributed by atoms with Crippen LogP contribution in [0.15, 0.2) is 52.1 Å². The van der Waals surface area contributed by atoms with Gasteiger partial charge in [-0.05, 0) is 42.3 Å². The van der Waals surface area contributed by atoms with Gasteiger partial charge in [-0.3, -0.25) is 14.5 Å². The van der Waals surface area contributed by atoms with Gasteiger partial charge in [0.05, 0.1) is 11.2 Å². The normalized spacial score (nSPS) is 15.6. The number of halogens is 1. The molecule has 3 aromatic rings.